The lowest BCUT2D eigenvalue weighted by Crippen LogP contribution is -2.05. The van der Waals surface area contributed by atoms with E-state index in [0.717, 1.165) is 11.8 Å². The minimum atomic E-state index is -3.52. The SMILES string of the molecule is COC(=O)c1cccc(Oc2ccc(S(C)(=O)=O)c(OCc3ncccc3C)c2)c1. The van der Waals surface area contributed by atoms with Gasteiger partial charge in [0.05, 0.1) is 18.4 Å². The first-order valence-electron chi connectivity index (χ1n) is 9.01. The third kappa shape index (κ3) is 5.15. The van der Waals surface area contributed by atoms with E-state index in [1.54, 1.807) is 24.4 Å². The Balaban J connectivity index is 1.89. The average molecular weight is 427 g/mol. The Bertz CT molecular complexity index is 1170. The Morgan fingerprint density at radius 1 is 1.03 bits per heavy atom. The lowest BCUT2D eigenvalue weighted by atomic mass is 10.2. The third-order valence-electron chi connectivity index (χ3n) is 4.29. The Labute approximate surface area is 175 Å². The molecule has 1 heterocycles. The number of methoxy groups -OCH3 is 1. The second-order valence-electron chi connectivity index (χ2n) is 6.56. The molecule has 0 radical (unpaired) electrons. The van der Waals surface area contributed by atoms with Crippen LogP contribution in [0.1, 0.15) is 21.6 Å². The Hall–Kier alpha value is -3.39. The lowest BCUT2D eigenvalue weighted by Gasteiger charge is -2.14. The topological polar surface area (TPSA) is 91.8 Å². The van der Waals surface area contributed by atoms with Crippen LogP contribution in [0.4, 0.5) is 0 Å². The number of hydrogen-bond acceptors (Lipinski definition) is 7. The van der Waals surface area contributed by atoms with Crippen LogP contribution in [-0.4, -0.2) is 32.7 Å². The molecule has 3 rings (SSSR count). The van der Waals surface area contributed by atoms with E-state index in [1.807, 2.05) is 19.1 Å². The molecular weight excluding hydrogens is 406 g/mol. The summed E-state index contributed by atoms with van der Waals surface area (Å²) in [6.45, 7) is 2.01. The molecule has 0 bridgehead atoms. The van der Waals surface area contributed by atoms with Gasteiger partial charge in [0, 0.05) is 18.5 Å². The number of carbonyl (C=O) groups is 1. The van der Waals surface area contributed by atoms with Gasteiger partial charge in [-0.05, 0) is 48.9 Å². The molecule has 30 heavy (non-hydrogen) atoms. The van der Waals surface area contributed by atoms with Crippen LogP contribution in [0, 0.1) is 6.92 Å². The van der Waals surface area contributed by atoms with Gasteiger partial charge in [0.1, 0.15) is 28.8 Å². The van der Waals surface area contributed by atoms with Gasteiger partial charge in [-0.2, -0.15) is 0 Å². The fourth-order valence-corrected chi connectivity index (χ4v) is 3.53. The molecule has 0 atom stereocenters. The summed E-state index contributed by atoms with van der Waals surface area (Å²) in [5.74, 6) is 0.431. The van der Waals surface area contributed by atoms with Crippen molar-refractivity contribution in [3.05, 3.63) is 77.6 Å². The summed E-state index contributed by atoms with van der Waals surface area (Å²) in [5.41, 5.74) is 1.98. The molecule has 0 aliphatic carbocycles. The summed E-state index contributed by atoms with van der Waals surface area (Å²) >= 11 is 0. The molecule has 0 amide bonds. The second-order valence-corrected chi connectivity index (χ2v) is 8.54. The average Bonchev–Trinajstić information content (AvgIpc) is 2.72. The number of ether oxygens (including phenoxy) is 3. The van der Waals surface area contributed by atoms with Crippen molar-refractivity contribution < 1.29 is 27.4 Å². The third-order valence-corrected chi connectivity index (χ3v) is 5.42. The molecule has 3 aromatic rings. The van der Waals surface area contributed by atoms with Crippen LogP contribution in [0.5, 0.6) is 17.2 Å². The number of benzene rings is 2. The first-order chi connectivity index (χ1) is 14.3. The monoisotopic (exact) mass is 427 g/mol. The molecule has 0 saturated carbocycles. The van der Waals surface area contributed by atoms with Crippen molar-refractivity contribution >= 4 is 15.8 Å². The smallest absolute Gasteiger partial charge is 0.337 e. The highest BCUT2D eigenvalue weighted by molar-refractivity contribution is 7.90. The van der Waals surface area contributed by atoms with Crippen LogP contribution in [-0.2, 0) is 21.2 Å². The number of rotatable bonds is 7. The highest BCUT2D eigenvalue weighted by Crippen LogP contribution is 2.32. The van der Waals surface area contributed by atoms with Crippen molar-refractivity contribution in [2.45, 2.75) is 18.4 Å². The second kappa shape index (κ2) is 8.96. The van der Waals surface area contributed by atoms with Gasteiger partial charge in [0.25, 0.3) is 0 Å². The summed E-state index contributed by atoms with van der Waals surface area (Å²) in [6, 6.07) is 14.6. The minimum absolute atomic E-state index is 0.0479. The maximum Gasteiger partial charge on any atom is 0.337 e. The number of nitrogens with zero attached hydrogens (tertiary/aromatic N) is 1. The molecule has 156 valence electrons. The first-order valence-corrected chi connectivity index (χ1v) is 10.9. The molecule has 0 fully saturated rings. The number of hydrogen-bond donors (Lipinski definition) is 0. The van der Waals surface area contributed by atoms with Gasteiger partial charge in [-0.25, -0.2) is 13.2 Å². The zero-order valence-corrected chi connectivity index (χ0v) is 17.6. The summed E-state index contributed by atoms with van der Waals surface area (Å²) in [7, 11) is -2.22. The maximum atomic E-state index is 12.2. The van der Waals surface area contributed by atoms with Crippen LogP contribution in [0.3, 0.4) is 0 Å². The summed E-state index contributed by atoms with van der Waals surface area (Å²) < 4.78 is 40.6. The largest absolute Gasteiger partial charge is 0.486 e. The standard InChI is InChI=1S/C22H21NO6S/c1-15-6-5-11-23-19(15)14-28-20-13-18(9-10-21(20)30(3,25)26)29-17-8-4-7-16(12-17)22(24)27-2/h4-13H,14H2,1-3H3. The Morgan fingerprint density at radius 2 is 1.80 bits per heavy atom. The number of carbonyl (C=O) groups excluding carboxylic acids is 1. The van der Waals surface area contributed by atoms with E-state index < -0.39 is 15.8 Å². The summed E-state index contributed by atoms with van der Waals surface area (Å²) in [4.78, 5) is 16.0. The summed E-state index contributed by atoms with van der Waals surface area (Å²) in [6.07, 6.45) is 2.76. The fraction of sp³-hybridized carbons (Fsp3) is 0.182. The van der Waals surface area contributed by atoms with E-state index >= 15 is 0 Å². The Kier molecular flexibility index (Phi) is 6.37. The molecule has 0 unspecified atom stereocenters. The molecule has 0 aliphatic heterocycles. The Morgan fingerprint density at radius 3 is 2.50 bits per heavy atom. The molecule has 0 N–H and O–H groups in total. The number of esters is 1. The van der Waals surface area contributed by atoms with Gasteiger partial charge in [-0.15, -0.1) is 0 Å². The number of aryl methyl sites for hydroxylation is 1. The molecule has 7 nitrogen and oxygen atoms in total. The maximum absolute atomic E-state index is 12.2. The molecular formula is C22H21NO6S. The summed E-state index contributed by atoms with van der Waals surface area (Å²) in [5, 5.41) is 0. The van der Waals surface area contributed by atoms with E-state index in [1.165, 1.54) is 31.4 Å². The minimum Gasteiger partial charge on any atom is -0.486 e. The van der Waals surface area contributed by atoms with Crippen molar-refractivity contribution in [1.82, 2.24) is 4.98 Å². The lowest BCUT2D eigenvalue weighted by molar-refractivity contribution is 0.0600. The normalized spacial score (nSPS) is 11.0. The van der Waals surface area contributed by atoms with Crippen molar-refractivity contribution in [3.63, 3.8) is 0 Å². The van der Waals surface area contributed by atoms with Crippen LogP contribution in [0.25, 0.3) is 0 Å². The van der Waals surface area contributed by atoms with E-state index in [9.17, 15) is 13.2 Å². The van der Waals surface area contributed by atoms with Crippen molar-refractivity contribution in [1.29, 1.82) is 0 Å². The van der Waals surface area contributed by atoms with E-state index in [0.29, 0.717) is 22.8 Å². The van der Waals surface area contributed by atoms with E-state index in [-0.39, 0.29) is 17.3 Å². The van der Waals surface area contributed by atoms with Crippen LogP contribution < -0.4 is 9.47 Å². The highest BCUT2D eigenvalue weighted by Gasteiger charge is 2.17. The van der Waals surface area contributed by atoms with E-state index in [4.69, 9.17) is 14.2 Å². The quantitative estimate of drug-likeness (QED) is 0.527. The number of sulfone groups is 1. The highest BCUT2D eigenvalue weighted by atomic mass is 32.2. The van der Waals surface area contributed by atoms with Gasteiger partial charge >= 0.3 is 5.97 Å². The van der Waals surface area contributed by atoms with Crippen molar-refractivity contribution in [3.8, 4) is 17.2 Å². The van der Waals surface area contributed by atoms with Gasteiger partial charge in [0.15, 0.2) is 9.84 Å². The number of aromatic nitrogens is 1. The van der Waals surface area contributed by atoms with E-state index in [2.05, 4.69) is 4.98 Å². The van der Waals surface area contributed by atoms with Crippen molar-refractivity contribution in [2.24, 2.45) is 0 Å². The van der Waals surface area contributed by atoms with Gasteiger partial charge in [0.2, 0.25) is 0 Å². The van der Waals surface area contributed by atoms with Crippen molar-refractivity contribution in [2.75, 3.05) is 13.4 Å². The predicted octanol–water partition coefficient (Wildman–Crippen LogP) is 3.95. The van der Waals surface area contributed by atoms with Crippen LogP contribution in [0.15, 0.2) is 65.7 Å². The fourth-order valence-electron chi connectivity index (χ4n) is 2.73. The molecule has 8 heteroatoms. The van der Waals surface area contributed by atoms with Gasteiger partial charge < -0.3 is 14.2 Å². The zero-order valence-electron chi connectivity index (χ0n) is 16.8. The molecule has 2 aromatic carbocycles. The molecule has 0 spiro atoms. The number of pyridine rings is 1. The first kappa shape index (κ1) is 21.3. The van der Waals surface area contributed by atoms with Crippen LogP contribution in [0.2, 0.25) is 0 Å². The molecule has 1 aromatic heterocycles. The zero-order chi connectivity index (χ0) is 21.7. The molecule has 0 aliphatic rings. The van der Waals surface area contributed by atoms with Gasteiger partial charge in [-0.3, -0.25) is 4.98 Å². The molecule has 0 saturated heterocycles. The van der Waals surface area contributed by atoms with Gasteiger partial charge in [-0.1, -0.05) is 12.1 Å². The predicted molar refractivity (Wildman–Crippen MR) is 111 cm³/mol. The van der Waals surface area contributed by atoms with Crippen LogP contribution >= 0.6 is 0 Å².